The molecule has 1 fully saturated rings. The Labute approximate surface area is 114 Å². The van der Waals surface area contributed by atoms with Gasteiger partial charge in [0.2, 0.25) is 0 Å². The molecule has 1 heterocycles. The summed E-state index contributed by atoms with van der Waals surface area (Å²) < 4.78 is 0. The molecule has 0 radical (unpaired) electrons. The summed E-state index contributed by atoms with van der Waals surface area (Å²) in [6.45, 7) is 5.16. The van der Waals surface area contributed by atoms with Gasteiger partial charge in [0.25, 0.3) is 0 Å². The molecule has 1 aliphatic rings. The van der Waals surface area contributed by atoms with Gasteiger partial charge in [0.05, 0.1) is 16.8 Å². The maximum atomic E-state index is 8.53. The largest absolute Gasteiger partial charge is 0.368 e. The van der Waals surface area contributed by atoms with Gasteiger partial charge < -0.3 is 4.90 Å². The van der Waals surface area contributed by atoms with Gasteiger partial charge in [-0.15, -0.1) is 0 Å². The molecule has 0 amide bonds. The Morgan fingerprint density at radius 3 is 2.56 bits per heavy atom. The van der Waals surface area contributed by atoms with Gasteiger partial charge in [0.15, 0.2) is 0 Å². The lowest BCUT2D eigenvalue weighted by molar-refractivity contribution is 0.256. The summed E-state index contributed by atoms with van der Waals surface area (Å²) in [5.74, 6) is 0. The number of para-hydroxylation sites is 1. The minimum atomic E-state index is 0.657. The smallest absolute Gasteiger partial charge is 0.0639 e. The highest BCUT2D eigenvalue weighted by Gasteiger charge is 2.17. The van der Waals surface area contributed by atoms with Crippen molar-refractivity contribution < 1.29 is 0 Å². The molecule has 4 heteroatoms. The van der Waals surface area contributed by atoms with Crippen molar-refractivity contribution in [3.63, 3.8) is 0 Å². The Bertz CT molecular complexity index is 419. The monoisotopic (exact) mass is 263 g/mol. The van der Waals surface area contributed by atoms with Crippen LogP contribution in [-0.2, 0) is 0 Å². The Kier molecular flexibility index (Phi) is 4.86. The molecule has 0 unspecified atom stereocenters. The van der Waals surface area contributed by atoms with E-state index < -0.39 is 0 Å². The van der Waals surface area contributed by atoms with Gasteiger partial charge in [-0.1, -0.05) is 23.7 Å². The maximum Gasteiger partial charge on any atom is 0.0639 e. The number of hydrogen-bond acceptors (Lipinski definition) is 3. The lowest BCUT2D eigenvalue weighted by atomic mass is 10.2. The van der Waals surface area contributed by atoms with Gasteiger partial charge in [-0.3, -0.25) is 4.90 Å². The molecule has 0 aromatic heterocycles. The van der Waals surface area contributed by atoms with Crippen LogP contribution in [0.5, 0.6) is 0 Å². The van der Waals surface area contributed by atoms with Crippen LogP contribution in [0.4, 0.5) is 5.69 Å². The van der Waals surface area contributed by atoms with Crippen molar-refractivity contribution in [3.05, 3.63) is 29.3 Å². The minimum absolute atomic E-state index is 0.657. The molecule has 1 aromatic carbocycles. The molecule has 0 spiro atoms. The van der Waals surface area contributed by atoms with Crippen molar-refractivity contribution in [2.24, 2.45) is 0 Å². The third-order valence-electron chi connectivity index (χ3n) is 3.33. The second-order valence-corrected chi connectivity index (χ2v) is 4.95. The maximum absolute atomic E-state index is 8.53. The number of unbranched alkanes of at least 4 members (excludes halogenated alkanes) is 1. The summed E-state index contributed by atoms with van der Waals surface area (Å²) in [4.78, 5) is 4.76. The summed E-state index contributed by atoms with van der Waals surface area (Å²) in [5, 5.41) is 9.35. The van der Waals surface area contributed by atoms with E-state index in [2.05, 4.69) is 21.9 Å². The molecular formula is C14H18ClN3. The van der Waals surface area contributed by atoms with Crippen molar-refractivity contribution in [3.8, 4) is 6.07 Å². The Morgan fingerprint density at radius 2 is 1.89 bits per heavy atom. The molecule has 1 aliphatic heterocycles. The second-order valence-electron chi connectivity index (χ2n) is 4.54. The molecule has 0 bridgehead atoms. The van der Waals surface area contributed by atoms with Crippen molar-refractivity contribution >= 4 is 17.3 Å². The fraction of sp³-hybridized carbons (Fsp3) is 0.500. The SMILES string of the molecule is N#CCCCN1CCN(c2ccccc2Cl)CC1. The normalized spacial score (nSPS) is 16.6. The zero-order valence-corrected chi connectivity index (χ0v) is 11.2. The summed E-state index contributed by atoms with van der Waals surface area (Å²) in [6, 6.07) is 10.2. The number of hydrogen-bond donors (Lipinski definition) is 0. The molecule has 18 heavy (non-hydrogen) atoms. The summed E-state index contributed by atoms with van der Waals surface area (Å²) in [6.07, 6.45) is 1.63. The lowest BCUT2D eigenvalue weighted by Gasteiger charge is -2.36. The standard InChI is InChI=1S/C14H18ClN3/c15-13-5-1-2-6-14(13)18-11-9-17(10-12-18)8-4-3-7-16/h1-2,5-6H,3-4,8-12H2. The molecule has 0 N–H and O–H groups in total. The molecular weight excluding hydrogens is 246 g/mol. The van der Waals surface area contributed by atoms with Crippen molar-refractivity contribution in [1.82, 2.24) is 4.90 Å². The van der Waals surface area contributed by atoms with Crippen LogP contribution in [0.2, 0.25) is 5.02 Å². The zero-order chi connectivity index (χ0) is 12.8. The van der Waals surface area contributed by atoms with Crippen LogP contribution in [0, 0.1) is 11.3 Å². The van der Waals surface area contributed by atoms with E-state index in [1.54, 1.807) is 0 Å². The third kappa shape index (κ3) is 3.38. The van der Waals surface area contributed by atoms with Crippen LogP contribution < -0.4 is 4.90 Å². The highest BCUT2D eigenvalue weighted by atomic mass is 35.5. The van der Waals surface area contributed by atoms with Crippen molar-refractivity contribution in [2.75, 3.05) is 37.6 Å². The number of rotatable bonds is 4. The first kappa shape index (κ1) is 13.2. The van der Waals surface area contributed by atoms with E-state index in [-0.39, 0.29) is 0 Å². The van der Waals surface area contributed by atoms with Gasteiger partial charge >= 0.3 is 0 Å². The Morgan fingerprint density at radius 1 is 1.17 bits per heavy atom. The number of nitrogens with zero attached hydrogens (tertiary/aromatic N) is 3. The van der Waals surface area contributed by atoms with Gasteiger partial charge in [-0.05, 0) is 25.1 Å². The number of benzene rings is 1. The first-order valence-electron chi connectivity index (χ1n) is 6.40. The topological polar surface area (TPSA) is 30.3 Å². The fourth-order valence-corrected chi connectivity index (χ4v) is 2.56. The average molecular weight is 264 g/mol. The van der Waals surface area contributed by atoms with Crippen LogP contribution >= 0.6 is 11.6 Å². The Balaban J connectivity index is 1.84. The summed E-state index contributed by atoms with van der Waals surface area (Å²) in [7, 11) is 0. The molecule has 0 saturated carbocycles. The highest BCUT2D eigenvalue weighted by Crippen LogP contribution is 2.25. The molecule has 96 valence electrons. The van der Waals surface area contributed by atoms with Gasteiger partial charge in [-0.2, -0.15) is 5.26 Å². The quantitative estimate of drug-likeness (QED) is 0.783. The zero-order valence-electron chi connectivity index (χ0n) is 10.5. The van der Waals surface area contributed by atoms with Crippen molar-refractivity contribution in [1.29, 1.82) is 5.26 Å². The summed E-state index contributed by atoms with van der Waals surface area (Å²) >= 11 is 6.21. The molecule has 3 nitrogen and oxygen atoms in total. The van der Waals surface area contributed by atoms with E-state index in [0.29, 0.717) is 6.42 Å². The van der Waals surface area contributed by atoms with Gasteiger partial charge in [0.1, 0.15) is 0 Å². The minimum Gasteiger partial charge on any atom is -0.368 e. The molecule has 1 aromatic rings. The van der Waals surface area contributed by atoms with E-state index in [1.807, 2.05) is 18.2 Å². The summed E-state index contributed by atoms with van der Waals surface area (Å²) in [5.41, 5.74) is 1.14. The van der Waals surface area contributed by atoms with E-state index >= 15 is 0 Å². The lowest BCUT2D eigenvalue weighted by Crippen LogP contribution is -2.46. The van der Waals surface area contributed by atoms with E-state index in [0.717, 1.165) is 49.9 Å². The number of piperazine rings is 1. The Hall–Kier alpha value is -1.24. The molecule has 1 saturated heterocycles. The van der Waals surface area contributed by atoms with Gasteiger partial charge in [-0.25, -0.2) is 0 Å². The van der Waals surface area contributed by atoms with Gasteiger partial charge in [0, 0.05) is 32.6 Å². The van der Waals surface area contributed by atoms with E-state index in [9.17, 15) is 0 Å². The molecule has 0 aliphatic carbocycles. The first-order chi connectivity index (χ1) is 8.81. The van der Waals surface area contributed by atoms with E-state index in [4.69, 9.17) is 16.9 Å². The predicted molar refractivity (Wildman–Crippen MR) is 75.0 cm³/mol. The fourth-order valence-electron chi connectivity index (χ4n) is 2.30. The molecule has 2 rings (SSSR count). The van der Waals surface area contributed by atoms with Crippen LogP contribution in [0.15, 0.2) is 24.3 Å². The van der Waals surface area contributed by atoms with E-state index in [1.165, 1.54) is 0 Å². The first-order valence-corrected chi connectivity index (χ1v) is 6.78. The van der Waals surface area contributed by atoms with Crippen LogP contribution in [-0.4, -0.2) is 37.6 Å². The number of nitriles is 1. The van der Waals surface area contributed by atoms with Crippen molar-refractivity contribution in [2.45, 2.75) is 12.8 Å². The number of anilines is 1. The second kappa shape index (κ2) is 6.63. The average Bonchev–Trinajstić information content (AvgIpc) is 2.41. The molecule has 0 atom stereocenters. The highest BCUT2D eigenvalue weighted by molar-refractivity contribution is 6.33. The van der Waals surface area contributed by atoms with Crippen LogP contribution in [0.1, 0.15) is 12.8 Å². The number of halogens is 1. The third-order valence-corrected chi connectivity index (χ3v) is 3.65. The van der Waals surface area contributed by atoms with Crippen LogP contribution in [0.25, 0.3) is 0 Å². The van der Waals surface area contributed by atoms with Crippen LogP contribution in [0.3, 0.4) is 0 Å². The predicted octanol–water partition coefficient (Wildman–Crippen LogP) is 2.77.